The van der Waals surface area contributed by atoms with Crippen LogP contribution in [0.4, 0.5) is 5.69 Å². The number of rotatable bonds is 1. The molecule has 0 amide bonds. The first-order valence-electron chi connectivity index (χ1n) is 5.75. The summed E-state index contributed by atoms with van der Waals surface area (Å²) in [5, 5.41) is 0. The monoisotopic (exact) mass is 256 g/mol. The SMILES string of the molecule is CS(=O)(=O)N1CCCCCc2cc[n+](N)cc21. The molecule has 0 bridgehead atoms. The molecule has 0 aliphatic carbocycles. The maximum absolute atomic E-state index is 11.8. The van der Waals surface area contributed by atoms with E-state index in [2.05, 4.69) is 0 Å². The molecule has 0 saturated carbocycles. The molecular weight excluding hydrogens is 238 g/mol. The quantitative estimate of drug-likeness (QED) is 0.576. The summed E-state index contributed by atoms with van der Waals surface area (Å²) in [5.41, 5.74) is 1.77. The molecule has 6 heteroatoms. The summed E-state index contributed by atoms with van der Waals surface area (Å²) in [5.74, 6) is 5.67. The van der Waals surface area contributed by atoms with Crippen LogP contribution in [-0.2, 0) is 16.4 Å². The summed E-state index contributed by atoms with van der Waals surface area (Å²) in [6, 6.07) is 1.90. The highest BCUT2D eigenvalue weighted by Crippen LogP contribution is 2.25. The maximum Gasteiger partial charge on any atom is 0.232 e. The second kappa shape index (κ2) is 4.52. The van der Waals surface area contributed by atoms with Gasteiger partial charge in [0.1, 0.15) is 5.69 Å². The van der Waals surface area contributed by atoms with Crippen LogP contribution in [0.15, 0.2) is 18.5 Å². The number of nitrogen functional groups attached to an aromatic ring is 1. The second-order valence-electron chi connectivity index (χ2n) is 4.45. The van der Waals surface area contributed by atoms with Crippen molar-refractivity contribution < 1.29 is 13.1 Å². The van der Waals surface area contributed by atoms with Crippen molar-refractivity contribution in [2.45, 2.75) is 25.7 Å². The third-order valence-corrected chi connectivity index (χ3v) is 4.20. The van der Waals surface area contributed by atoms with Crippen LogP contribution in [0.1, 0.15) is 24.8 Å². The molecule has 2 heterocycles. The van der Waals surface area contributed by atoms with Crippen molar-refractivity contribution in [1.82, 2.24) is 0 Å². The maximum atomic E-state index is 11.8. The number of aromatic nitrogens is 1. The fourth-order valence-electron chi connectivity index (χ4n) is 2.18. The smallest absolute Gasteiger partial charge is 0.232 e. The normalized spacial score (nSPS) is 17.1. The van der Waals surface area contributed by atoms with E-state index in [0.717, 1.165) is 36.9 Å². The van der Waals surface area contributed by atoms with E-state index in [0.29, 0.717) is 6.54 Å². The molecule has 1 aromatic heterocycles. The number of nitrogens with two attached hydrogens (primary N) is 1. The van der Waals surface area contributed by atoms with Gasteiger partial charge in [0, 0.05) is 12.6 Å². The summed E-state index contributed by atoms with van der Waals surface area (Å²) in [6.45, 7) is 0.538. The predicted molar refractivity (Wildman–Crippen MR) is 66.5 cm³/mol. The molecule has 94 valence electrons. The molecule has 2 rings (SSSR count). The fourth-order valence-corrected chi connectivity index (χ4v) is 3.16. The summed E-state index contributed by atoms with van der Waals surface area (Å²) in [4.78, 5) is 0. The highest BCUT2D eigenvalue weighted by atomic mass is 32.2. The van der Waals surface area contributed by atoms with Crippen molar-refractivity contribution in [3.8, 4) is 0 Å². The van der Waals surface area contributed by atoms with Crippen molar-refractivity contribution in [2.75, 3.05) is 22.9 Å². The Hall–Kier alpha value is -1.30. The largest absolute Gasteiger partial charge is 0.264 e. The highest BCUT2D eigenvalue weighted by molar-refractivity contribution is 7.92. The van der Waals surface area contributed by atoms with Gasteiger partial charge in [0.15, 0.2) is 6.20 Å². The van der Waals surface area contributed by atoms with Crippen LogP contribution < -0.4 is 14.8 Å². The van der Waals surface area contributed by atoms with Gasteiger partial charge in [-0.2, -0.15) is 0 Å². The number of hydrogen-bond acceptors (Lipinski definition) is 3. The summed E-state index contributed by atoms with van der Waals surface area (Å²) >= 11 is 0. The topological polar surface area (TPSA) is 67.3 Å². The van der Waals surface area contributed by atoms with Crippen LogP contribution in [0.3, 0.4) is 0 Å². The van der Waals surface area contributed by atoms with Crippen LogP contribution in [0.5, 0.6) is 0 Å². The van der Waals surface area contributed by atoms with E-state index in [1.165, 1.54) is 15.2 Å². The molecule has 0 fully saturated rings. The van der Waals surface area contributed by atoms with Gasteiger partial charge in [-0.3, -0.25) is 4.31 Å². The number of aryl methyl sites for hydroxylation is 1. The predicted octanol–water partition coefficient (Wildman–Crippen LogP) is 0.180. The standard InChI is InChI=1S/C11H18N3O2S/c1-17(15,16)14-7-4-2-3-5-10-6-8-13(12)9-11(10)14/h6,8-9H,2-5,7,12H2,1H3/q+1. The van der Waals surface area contributed by atoms with Gasteiger partial charge in [-0.1, -0.05) is 11.1 Å². The van der Waals surface area contributed by atoms with Gasteiger partial charge in [-0.15, -0.1) is 0 Å². The zero-order valence-corrected chi connectivity index (χ0v) is 10.8. The van der Waals surface area contributed by atoms with Crippen LogP contribution in [0, 0.1) is 0 Å². The van der Waals surface area contributed by atoms with Crippen LogP contribution in [0.2, 0.25) is 0 Å². The number of sulfonamides is 1. The van der Waals surface area contributed by atoms with Crippen molar-refractivity contribution >= 4 is 15.7 Å². The van der Waals surface area contributed by atoms with Crippen molar-refractivity contribution in [3.63, 3.8) is 0 Å². The average Bonchev–Trinajstić information content (AvgIpc) is 2.18. The van der Waals surface area contributed by atoms with E-state index in [-0.39, 0.29) is 0 Å². The second-order valence-corrected chi connectivity index (χ2v) is 6.36. The summed E-state index contributed by atoms with van der Waals surface area (Å²) < 4.78 is 26.5. The van der Waals surface area contributed by atoms with Gasteiger partial charge < -0.3 is 0 Å². The molecule has 0 radical (unpaired) electrons. The van der Waals surface area contributed by atoms with Gasteiger partial charge in [-0.25, -0.2) is 14.3 Å². The molecule has 17 heavy (non-hydrogen) atoms. The lowest BCUT2D eigenvalue weighted by atomic mass is 10.0. The molecule has 0 atom stereocenters. The van der Waals surface area contributed by atoms with Crippen molar-refractivity contribution in [1.29, 1.82) is 0 Å². The molecule has 1 aliphatic heterocycles. The third kappa shape index (κ3) is 2.69. The first-order chi connectivity index (χ1) is 7.98. The Balaban J connectivity index is 2.52. The Morgan fingerprint density at radius 1 is 1.35 bits per heavy atom. The number of fused-ring (bicyclic) bond motifs is 1. The lowest BCUT2D eigenvalue weighted by Crippen LogP contribution is -2.45. The molecule has 0 aromatic carbocycles. The zero-order valence-electron chi connectivity index (χ0n) is 9.96. The number of hydrogen-bond donors (Lipinski definition) is 1. The van der Waals surface area contributed by atoms with E-state index in [9.17, 15) is 8.42 Å². The van der Waals surface area contributed by atoms with E-state index in [1.54, 1.807) is 12.4 Å². The Kier molecular flexibility index (Phi) is 3.24. The molecule has 0 spiro atoms. The number of pyridine rings is 1. The molecule has 2 N–H and O–H groups in total. The highest BCUT2D eigenvalue weighted by Gasteiger charge is 2.24. The molecule has 1 aliphatic rings. The van der Waals surface area contributed by atoms with Gasteiger partial charge >= 0.3 is 0 Å². The Morgan fingerprint density at radius 3 is 2.82 bits per heavy atom. The average molecular weight is 256 g/mol. The van der Waals surface area contributed by atoms with Crippen LogP contribution in [-0.4, -0.2) is 21.2 Å². The first-order valence-corrected chi connectivity index (χ1v) is 7.60. The summed E-state index contributed by atoms with van der Waals surface area (Å²) in [7, 11) is -3.23. The molecule has 0 unspecified atom stereocenters. The number of anilines is 1. The third-order valence-electron chi connectivity index (χ3n) is 3.02. The Labute approximate surface area is 102 Å². The molecule has 5 nitrogen and oxygen atoms in total. The Morgan fingerprint density at radius 2 is 2.12 bits per heavy atom. The summed E-state index contributed by atoms with van der Waals surface area (Å²) in [6.07, 6.45) is 8.63. The van der Waals surface area contributed by atoms with E-state index in [4.69, 9.17) is 5.84 Å². The van der Waals surface area contributed by atoms with Gasteiger partial charge in [-0.05, 0) is 24.8 Å². The molecular formula is C11H18N3O2S+. The van der Waals surface area contributed by atoms with Crippen LogP contribution >= 0.6 is 0 Å². The van der Waals surface area contributed by atoms with Crippen molar-refractivity contribution in [3.05, 3.63) is 24.0 Å². The minimum atomic E-state index is -3.23. The first kappa shape index (κ1) is 12.2. The van der Waals surface area contributed by atoms with Gasteiger partial charge in [0.2, 0.25) is 16.2 Å². The van der Waals surface area contributed by atoms with E-state index >= 15 is 0 Å². The van der Waals surface area contributed by atoms with Crippen LogP contribution in [0.25, 0.3) is 0 Å². The van der Waals surface area contributed by atoms with E-state index in [1.807, 2.05) is 6.07 Å². The van der Waals surface area contributed by atoms with Gasteiger partial charge in [0.05, 0.1) is 6.26 Å². The van der Waals surface area contributed by atoms with Gasteiger partial charge in [0.25, 0.3) is 0 Å². The minimum Gasteiger partial charge on any atom is -0.264 e. The van der Waals surface area contributed by atoms with E-state index < -0.39 is 10.0 Å². The molecule has 1 aromatic rings. The lowest BCUT2D eigenvalue weighted by Gasteiger charge is -2.25. The fraction of sp³-hybridized carbons (Fsp3) is 0.545. The zero-order chi connectivity index (χ0) is 12.5. The lowest BCUT2D eigenvalue weighted by molar-refractivity contribution is -0.638. The number of nitrogens with zero attached hydrogens (tertiary/aromatic N) is 2. The Bertz CT molecular complexity index is 513. The molecule has 0 saturated heterocycles. The minimum absolute atomic E-state index is 0.538. The van der Waals surface area contributed by atoms with Crippen molar-refractivity contribution in [2.24, 2.45) is 0 Å².